The smallest absolute Gasteiger partial charge is 0.133 e. The molecule has 0 amide bonds. The third-order valence-electron chi connectivity index (χ3n) is 1.75. The van der Waals surface area contributed by atoms with Gasteiger partial charge in [-0.1, -0.05) is 20.8 Å². The molecule has 0 atom stereocenters. The summed E-state index contributed by atoms with van der Waals surface area (Å²) < 4.78 is 0. The summed E-state index contributed by atoms with van der Waals surface area (Å²) in [4.78, 5) is 8.58. The van der Waals surface area contributed by atoms with Crippen LogP contribution in [0.1, 0.15) is 38.9 Å². The van der Waals surface area contributed by atoms with Crippen molar-refractivity contribution < 1.29 is 0 Å². The van der Waals surface area contributed by atoms with Crippen LogP contribution >= 0.6 is 0 Å². The summed E-state index contributed by atoms with van der Waals surface area (Å²) in [6.07, 6.45) is 2.92. The Bertz CT molecular complexity index is 258. The second-order valence-corrected chi connectivity index (χ2v) is 3.38. The van der Waals surface area contributed by atoms with Crippen molar-refractivity contribution in [3.05, 3.63) is 18.1 Å². The molecule has 3 heteroatoms. The van der Waals surface area contributed by atoms with Gasteiger partial charge in [0.1, 0.15) is 11.6 Å². The minimum atomic E-state index is 0.392. The van der Waals surface area contributed by atoms with E-state index in [1.807, 2.05) is 6.07 Å². The van der Waals surface area contributed by atoms with Gasteiger partial charge in [-0.25, -0.2) is 9.97 Å². The minimum Gasteiger partial charge on any atom is -0.370 e. The fourth-order valence-corrected chi connectivity index (χ4v) is 1.00. The van der Waals surface area contributed by atoms with Gasteiger partial charge in [0.15, 0.2) is 0 Å². The second kappa shape index (κ2) is 4.80. The molecule has 72 valence electrons. The van der Waals surface area contributed by atoms with Gasteiger partial charge in [-0.3, -0.25) is 0 Å². The maximum atomic E-state index is 4.39. The van der Waals surface area contributed by atoms with Crippen molar-refractivity contribution in [1.82, 2.24) is 9.97 Å². The molecule has 1 aromatic rings. The number of nitrogens with one attached hydrogen (secondary N) is 1. The van der Waals surface area contributed by atoms with Crippen molar-refractivity contribution in [2.45, 2.75) is 33.1 Å². The molecule has 0 radical (unpaired) electrons. The van der Waals surface area contributed by atoms with Crippen molar-refractivity contribution >= 4 is 5.82 Å². The fourth-order valence-electron chi connectivity index (χ4n) is 1.00. The average Bonchev–Trinajstić information content (AvgIpc) is 2.15. The molecular weight excluding hydrogens is 162 g/mol. The highest BCUT2D eigenvalue weighted by Crippen LogP contribution is 2.10. The van der Waals surface area contributed by atoms with Crippen molar-refractivity contribution in [1.29, 1.82) is 0 Å². The third-order valence-corrected chi connectivity index (χ3v) is 1.75. The molecule has 1 rings (SSSR count). The molecule has 0 bridgehead atoms. The van der Waals surface area contributed by atoms with Gasteiger partial charge >= 0.3 is 0 Å². The predicted octanol–water partition coefficient (Wildman–Crippen LogP) is 2.42. The van der Waals surface area contributed by atoms with Crippen LogP contribution < -0.4 is 5.32 Å². The van der Waals surface area contributed by atoms with E-state index in [4.69, 9.17) is 0 Å². The Labute approximate surface area is 79.6 Å². The zero-order chi connectivity index (χ0) is 9.68. The van der Waals surface area contributed by atoms with E-state index in [0.29, 0.717) is 5.92 Å². The number of hydrogen-bond donors (Lipinski definition) is 1. The van der Waals surface area contributed by atoms with E-state index in [9.17, 15) is 0 Å². The molecule has 0 aromatic carbocycles. The highest BCUT2D eigenvalue weighted by atomic mass is 15.0. The summed E-state index contributed by atoms with van der Waals surface area (Å²) in [7, 11) is 0. The van der Waals surface area contributed by atoms with Crippen LogP contribution in [0.3, 0.4) is 0 Å². The first-order valence-electron chi connectivity index (χ1n) is 4.81. The zero-order valence-corrected chi connectivity index (χ0v) is 8.54. The molecule has 0 aliphatic carbocycles. The van der Waals surface area contributed by atoms with E-state index >= 15 is 0 Å². The van der Waals surface area contributed by atoms with E-state index in [-0.39, 0.29) is 0 Å². The SMILES string of the molecule is CCCNc1ccnc(C(C)C)n1. The average molecular weight is 179 g/mol. The van der Waals surface area contributed by atoms with Crippen LogP contribution in [-0.4, -0.2) is 16.5 Å². The van der Waals surface area contributed by atoms with E-state index < -0.39 is 0 Å². The van der Waals surface area contributed by atoms with Crippen LogP contribution in [0, 0.1) is 0 Å². The summed E-state index contributed by atoms with van der Waals surface area (Å²) in [5, 5.41) is 3.24. The molecule has 13 heavy (non-hydrogen) atoms. The van der Waals surface area contributed by atoms with E-state index in [1.54, 1.807) is 6.20 Å². The second-order valence-electron chi connectivity index (χ2n) is 3.38. The lowest BCUT2D eigenvalue weighted by atomic mass is 10.2. The van der Waals surface area contributed by atoms with Gasteiger partial charge in [0.2, 0.25) is 0 Å². The van der Waals surface area contributed by atoms with Crippen molar-refractivity contribution in [3.63, 3.8) is 0 Å². The summed E-state index contributed by atoms with van der Waals surface area (Å²) >= 11 is 0. The molecule has 0 fully saturated rings. The summed E-state index contributed by atoms with van der Waals surface area (Å²) in [6, 6.07) is 1.90. The van der Waals surface area contributed by atoms with Gasteiger partial charge in [0.25, 0.3) is 0 Å². The molecule has 0 saturated carbocycles. The molecule has 1 heterocycles. The van der Waals surface area contributed by atoms with Gasteiger partial charge in [-0.2, -0.15) is 0 Å². The lowest BCUT2D eigenvalue weighted by Crippen LogP contribution is -2.05. The molecular formula is C10H17N3. The Hall–Kier alpha value is -1.12. The van der Waals surface area contributed by atoms with Crippen molar-refractivity contribution in [2.75, 3.05) is 11.9 Å². The Balaban J connectivity index is 2.68. The van der Waals surface area contributed by atoms with Crippen LogP contribution in [0.2, 0.25) is 0 Å². The topological polar surface area (TPSA) is 37.8 Å². The summed E-state index contributed by atoms with van der Waals surface area (Å²) in [5.41, 5.74) is 0. The first kappa shape index (κ1) is 9.96. The molecule has 1 N–H and O–H groups in total. The molecule has 3 nitrogen and oxygen atoms in total. The Morgan fingerprint density at radius 3 is 2.85 bits per heavy atom. The minimum absolute atomic E-state index is 0.392. The first-order chi connectivity index (χ1) is 6.24. The quantitative estimate of drug-likeness (QED) is 0.771. The van der Waals surface area contributed by atoms with Gasteiger partial charge in [-0.15, -0.1) is 0 Å². The maximum absolute atomic E-state index is 4.39. The molecule has 0 unspecified atom stereocenters. The Morgan fingerprint density at radius 2 is 2.23 bits per heavy atom. The van der Waals surface area contributed by atoms with Crippen molar-refractivity contribution in [3.8, 4) is 0 Å². The monoisotopic (exact) mass is 179 g/mol. The number of aromatic nitrogens is 2. The largest absolute Gasteiger partial charge is 0.370 e. The van der Waals surface area contributed by atoms with Gasteiger partial charge in [-0.05, 0) is 12.5 Å². The van der Waals surface area contributed by atoms with E-state index in [2.05, 4.69) is 36.1 Å². The summed E-state index contributed by atoms with van der Waals surface area (Å²) in [5.74, 6) is 2.23. The van der Waals surface area contributed by atoms with Crippen LogP contribution in [0.4, 0.5) is 5.82 Å². The van der Waals surface area contributed by atoms with Crippen LogP contribution in [0.5, 0.6) is 0 Å². The normalized spacial score (nSPS) is 10.5. The highest BCUT2D eigenvalue weighted by Gasteiger charge is 2.02. The molecule has 0 saturated heterocycles. The standard InChI is InChI=1S/C10H17N3/c1-4-6-11-9-5-7-12-10(13-9)8(2)3/h5,7-8H,4,6H2,1-3H3,(H,11,12,13). The molecule has 1 aromatic heterocycles. The summed E-state index contributed by atoms with van der Waals surface area (Å²) in [6.45, 7) is 7.30. The first-order valence-corrected chi connectivity index (χ1v) is 4.81. The number of anilines is 1. The third kappa shape index (κ3) is 3.01. The Morgan fingerprint density at radius 1 is 1.46 bits per heavy atom. The molecule has 0 spiro atoms. The van der Waals surface area contributed by atoms with Gasteiger partial charge in [0.05, 0.1) is 0 Å². The van der Waals surface area contributed by atoms with Crippen LogP contribution in [-0.2, 0) is 0 Å². The molecule has 0 aliphatic rings. The number of nitrogens with zero attached hydrogens (tertiary/aromatic N) is 2. The maximum Gasteiger partial charge on any atom is 0.133 e. The van der Waals surface area contributed by atoms with Crippen LogP contribution in [0.15, 0.2) is 12.3 Å². The molecule has 0 aliphatic heterocycles. The number of rotatable bonds is 4. The van der Waals surface area contributed by atoms with Crippen molar-refractivity contribution in [2.24, 2.45) is 0 Å². The fraction of sp³-hybridized carbons (Fsp3) is 0.600. The van der Waals surface area contributed by atoms with Crippen LogP contribution in [0.25, 0.3) is 0 Å². The Kier molecular flexibility index (Phi) is 3.68. The lowest BCUT2D eigenvalue weighted by molar-refractivity contribution is 0.773. The predicted molar refractivity (Wildman–Crippen MR) is 54.9 cm³/mol. The van der Waals surface area contributed by atoms with E-state index in [1.165, 1.54) is 0 Å². The lowest BCUT2D eigenvalue weighted by Gasteiger charge is -2.06. The number of hydrogen-bond acceptors (Lipinski definition) is 3. The van der Waals surface area contributed by atoms with E-state index in [0.717, 1.165) is 24.6 Å². The van der Waals surface area contributed by atoms with Gasteiger partial charge < -0.3 is 5.32 Å². The highest BCUT2D eigenvalue weighted by molar-refractivity contribution is 5.32. The zero-order valence-electron chi connectivity index (χ0n) is 8.54. The van der Waals surface area contributed by atoms with Gasteiger partial charge in [0, 0.05) is 18.7 Å².